The van der Waals surface area contributed by atoms with Crippen molar-refractivity contribution in [2.75, 3.05) is 26.3 Å². The summed E-state index contributed by atoms with van der Waals surface area (Å²) in [6, 6.07) is 0. The summed E-state index contributed by atoms with van der Waals surface area (Å²) in [5.74, 6) is -1.13. The summed E-state index contributed by atoms with van der Waals surface area (Å²) < 4.78 is 5.04. The molecular formula is C8H14N2O4. The van der Waals surface area contributed by atoms with Crippen LogP contribution in [0.4, 0.5) is 0 Å². The number of amides is 2. The first kappa shape index (κ1) is 10.9. The van der Waals surface area contributed by atoms with Gasteiger partial charge in [0.1, 0.15) is 6.10 Å². The highest BCUT2D eigenvalue weighted by molar-refractivity contribution is 5.86. The lowest BCUT2D eigenvalue weighted by Gasteiger charge is -2.28. The van der Waals surface area contributed by atoms with Crippen LogP contribution >= 0.6 is 0 Å². The number of hydrogen-bond donors (Lipinski definition) is 2. The third-order valence-corrected chi connectivity index (χ3v) is 2.00. The lowest BCUT2D eigenvalue weighted by molar-refractivity contribution is -0.146. The number of rotatable bonds is 3. The van der Waals surface area contributed by atoms with Crippen molar-refractivity contribution in [3.63, 3.8) is 0 Å². The molecule has 1 rings (SSSR count). The van der Waals surface area contributed by atoms with Gasteiger partial charge in [-0.3, -0.25) is 9.59 Å². The highest BCUT2D eigenvalue weighted by atomic mass is 16.5. The highest BCUT2D eigenvalue weighted by Gasteiger charge is 2.24. The van der Waals surface area contributed by atoms with Gasteiger partial charge in [-0.2, -0.15) is 0 Å². The van der Waals surface area contributed by atoms with Gasteiger partial charge in [-0.15, -0.1) is 0 Å². The Morgan fingerprint density at radius 2 is 2.00 bits per heavy atom. The van der Waals surface area contributed by atoms with Crippen LogP contribution in [-0.2, 0) is 14.3 Å². The van der Waals surface area contributed by atoms with Gasteiger partial charge in [-0.05, 0) is 0 Å². The number of carbonyl (C=O) groups excluding carboxylic acids is 2. The molecule has 1 aliphatic heterocycles. The second-order valence-electron chi connectivity index (χ2n) is 3.12. The molecule has 0 aromatic heterocycles. The Labute approximate surface area is 81.6 Å². The molecule has 14 heavy (non-hydrogen) atoms. The van der Waals surface area contributed by atoms with Crippen LogP contribution in [0.3, 0.4) is 0 Å². The van der Waals surface area contributed by atoms with E-state index in [1.807, 2.05) is 0 Å². The van der Waals surface area contributed by atoms with E-state index in [4.69, 9.17) is 10.5 Å². The van der Waals surface area contributed by atoms with Crippen LogP contribution in [0.2, 0.25) is 0 Å². The molecule has 0 unspecified atom stereocenters. The summed E-state index contributed by atoms with van der Waals surface area (Å²) in [6.07, 6.45) is -1.64. The average molecular weight is 202 g/mol. The molecule has 6 nitrogen and oxygen atoms in total. The lowest BCUT2D eigenvalue weighted by Crippen LogP contribution is -2.46. The zero-order valence-corrected chi connectivity index (χ0v) is 7.81. The Balaban J connectivity index is 2.42. The lowest BCUT2D eigenvalue weighted by atomic mass is 10.2. The normalized spacial score (nSPS) is 19.1. The van der Waals surface area contributed by atoms with Gasteiger partial charge in [0.05, 0.1) is 19.6 Å². The van der Waals surface area contributed by atoms with E-state index < -0.39 is 17.9 Å². The minimum atomic E-state index is -1.31. The highest BCUT2D eigenvalue weighted by Crippen LogP contribution is 2.02. The summed E-state index contributed by atoms with van der Waals surface area (Å²) in [6.45, 7) is 1.84. The molecule has 0 aromatic rings. The molecule has 6 heteroatoms. The van der Waals surface area contributed by atoms with Gasteiger partial charge in [-0.1, -0.05) is 0 Å². The van der Waals surface area contributed by atoms with Crippen molar-refractivity contribution in [3.8, 4) is 0 Å². The van der Waals surface area contributed by atoms with E-state index in [1.54, 1.807) is 0 Å². The number of primary amides is 1. The predicted octanol–water partition coefficient (Wildman–Crippen LogP) is -1.92. The monoisotopic (exact) mass is 202 g/mol. The number of carbonyl (C=O) groups is 2. The number of aliphatic hydroxyl groups is 1. The van der Waals surface area contributed by atoms with Gasteiger partial charge in [0.15, 0.2) is 0 Å². The first-order valence-electron chi connectivity index (χ1n) is 4.44. The summed E-state index contributed by atoms with van der Waals surface area (Å²) in [5, 5.41) is 9.31. The SMILES string of the molecule is NC(=O)C[C@H](O)C(=O)N1CCOCC1. The van der Waals surface area contributed by atoms with E-state index >= 15 is 0 Å². The number of aliphatic hydroxyl groups excluding tert-OH is 1. The van der Waals surface area contributed by atoms with E-state index in [1.165, 1.54) is 4.90 Å². The van der Waals surface area contributed by atoms with E-state index in [0.717, 1.165) is 0 Å². The van der Waals surface area contributed by atoms with Crippen molar-refractivity contribution in [2.24, 2.45) is 5.73 Å². The van der Waals surface area contributed by atoms with Crippen LogP contribution in [0.25, 0.3) is 0 Å². The van der Waals surface area contributed by atoms with Gasteiger partial charge in [0, 0.05) is 13.1 Å². The van der Waals surface area contributed by atoms with Crippen LogP contribution in [0.1, 0.15) is 6.42 Å². The van der Waals surface area contributed by atoms with Crippen molar-refractivity contribution in [1.29, 1.82) is 0 Å². The smallest absolute Gasteiger partial charge is 0.252 e. The predicted molar refractivity (Wildman–Crippen MR) is 47.2 cm³/mol. The van der Waals surface area contributed by atoms with Crippen molar-refractivity contribution in [3.05, 3.63) is 0 Å². The molecular weight excluding hydrogens is 188 g/mol. The van der Waals surface area contributed by atoms with Crippen molar-refractivity contribution in [2.45, 2.75) is 12.5 Å². The molecule has 0 aromatic carbocycles. The maximum absolute atomic E-state index is 11.4. The maximum atomic E-state index is 11.4. The zero-order valence-electron chi connectivity index (χ0n) is 7.81. The minimum absolute atomic E-state index is 0.323. The van der Waals surface area contributed by atoms with Gasteiger partial charge in [-0.25, -0.2) is 0 Å². The minimum Gasteiger partial charge on any atom is -0.383 e. The molecule has 0 aliphatic carbocycles. The van der Waals surface area contributed by atoms with Crippen LogP contribution in [-0.4, -0.2) is 54.2 Å². The van der Waals surface area contributed by atoms with Crippen LogP contribution in [0.5, 0.6) is 0 Å². The van der Waals surface area contributed by atoms with Crippen molar-refractivity contribution in [1.82, 2.24) is 4.90 Å². The molecule has 2 amide bonds. The maximum Gasteiger partial charge on any atom is 0.252 e. The average Bonchev–Trinajstić information content (AvgIpc) is 2.17. The van der Waals surface area contributed by atoms with Gasteiger partial charge < -0.3 is 20.5 Å². The first-order chi connectivity index (χ1) is 6.61. The number of nitrogens with two attached hydrogens (primary N) is 1. The third-order valence-electron chi connectivity index (χ3n) is 2.00. The largest absolute Gasteiger partial charge is 0.383 e. The van der Waals surface area contributed by atoms with E-state index in [9.17, 15) is 14.7 Å². The summed E-state index contributed by atoms with van der Waals surface area (Å²) in [7, 11) is 0. The van der Waals surface area contributed by atoms with Gasteiger partial charge in [0.25, 0.3) is 5.91 Å². The summed E-state index contributed by atoms with van der Waals surface area (Å²) in [5.41, 5.74) is 4.87. The van der Waals surface area contributed by atoms with Crippen LogP contribution < -0.4 is 5.73 Å². The quantitative estimate of drug-likeness (QED) is 0.558. The Hall–Kier alpha value is -1.14. The Morgan fingerprint density at radius 1 is 1.43 bits per heavy atom. The van der Waals surface area contributed by atoms with E-state index in [0.29, 0.717) is 26.3 Å². The number of ether oxygens (including phenoxy) is 1. The summed E-state index contributed by atoms with van der Waals surface area (Å²) in [4.78, 5) is 23.4. The fourth-order valence-electron chi connectivity index (χ4n) is 1.27. The molecule has 0 saturated carbocycles. The second-order valence-corrected chi connectivity index (χ2v) is 3.12. The third kappa shape index (κ3) is 2.97. The molecule has 3 N–H and O–H groups in total. The molecule has 1 atom stereocenters. The van der Waals surface area contributed by atoms with Crippen molar-refractivity contribution < 1.29 is 19.4 Å². The molecule has 1 heterocycles. The molecule has 1 fully saturated rings. The van der Waals surface area contributed by atoms with E-state index in [2.05, 4.69) is 0 Å². The molecule has 0 radical (unpaired) electrons. The molecule has 1 saturated heterocycles. The fraction of sp³-hybridized carbons (Fsp3) is 0.750. The first-order valence-corrected chi connectivity index (χ1v) is 4.44. The Morgan fingerprint density at radius 3 is 2.50 bits per heavy atom. The van der Waals surface area contributed by atoms with Crippen LogP contribution in [0.15, 0.2) is 0 Å². The Kier molecular flexibility index (Phi) is 3.84. The van der Waals surface area contributed by atoms with Gasteiger partial charge >= 0.3 is 0 Å². The topological polar surface area (TPSA) is 92.9 Å². The second kappa shape index (κ2) is 4.92. The standard InChI is InChI=1S/C8H14N2O4/c9-7(12)5-6(11)8(13)10-1-3-14-4-2-10/h6,11H,1-5H2,(H2,9,12)/t6-/m0/s1. The number of hydrogen-bond acceptors (Lipinski definition) is 4. The van der Waals surface area contributed by atoms with Gasteiger partial charge in [0.2, 0.25) is 5.91 Å². The molecule has 1 aliphatic rings. The number of morpholine rings is 1. The van der Waals surface area contributed by atoms with E-state index in [-0.39, 0.29) is 6.42 Å². The molecule has 0 spiro atoms. The Bertz CT molecular complexity index is 225. The fourth-order valence-corrected chi connectivity index (χ4v) is 1.27. The van der Waals surface area contributed by atoms with Crippen molar-refractivity contribution >= 4 is 11.8 Å². The zero-order chi connectivity index (χ0) is 10.6. The molecule has 0 bridgehead atoms. The van der Waals surface area contributed by atoms with Crippen LogP contribution in [0, 0.1) is 0 Å². The summed E-state index contributed by atoms with van der Waals surface area (Å²) >= 11 is 0. The number of nitrogens with zero attached hydrogens (tertiary/aromatic N) is 1. The molecule has 80 valence electrons.